The van der Waals surface area contributed by atoms with Crippen molar-refractivity contribution in [2.75, 3.05) is 11.9 Å². The number of aromatic nitrogens is 2. The highest BCUT2D eigenvalue weighted by atomic mass is 19.1. The topological polar surface area (TPSA) is 29.9 Å². The SMILES string of the molecule is C=CCNc1nc(C)cn1C(C)c1ccccc1F. The van der Waals surface area contributed by atoms with E-state index in [0.717, 1.165) is 11.6 Å². The molecule has 1 unspecified atom stereocenters. The number of nitrogens with zero attached hydrogens (tertiary/aromatic N) is 2. The van der Waals surface area contributed by atoms with E-state index in [4.69, 9.17) is 0 Å². The lowest BCUT2D eigenvalue weighted by Crippen LogP contribution is -2.12. The van der Waals surface area contributed by atoms with Crippen LogP contribution in [0.15, 0.2) is 43.1 Å². The minimum absolute atomic E-state index is 0.116. The second-order valence-electron chi connectivity index (χ2n) is 4.48. The number of hydrogen-bond donors (Lipinski definition) is 1. The van der Waals surface area contributed by atoms with E-state index in [-0.39, 0.29) is 11.9 Å². The molecule has 2 aromatic rings. The van der Waals surface area contributed by atoms with Crippen molar-refractivity contribution in [2.24, 2.45) is 0 Å². The van der Waals surface area contributed by atoms with Gasteiger partial charge in [0.25, 0.3) is 0 Å². The summed E-state index contributed by atoms with van der Waals surface area (Å²) in [6.45, 7) is 8.17. The van der Waals surface area contributed by atoms with Crippen molar-refractivity contribution < 1.29 is 4.39 Å². The Bertz CT molecular complexity index is 575. The van der Waals surface area contributed by atoms with Crippen LogP contribution in [-0.4, -0.2) is 16.1 Å². The Hall–Kier alpha value is -2.10. The van der Waals surface area contributed by atoms with Crippen LogP contribution in [0.5, 0.6) is 0 Å². The van der Waals surface area contributed by atoms with Crippen molar-refractivity contribution in [3.63, 3.8) is 0 Å². The molecule has 100 valence electrons. The number of benzene rings is 1. The number of anilines is 1. The van der Waals surface area contributed by atoms with Gasteiger partial charge < -0.3 is 9.88 Å². The lowest BCUT2D eigenvalue weighted by atomic mass is 10.1. The molecule has 0 aliphatic carbocycles. The van der Waals surface area contributed by atoms with Crippen LogP contribution in [0, 0.1) is 12.7 Å². The van der Waals surface area contributed by atoms with E-state index >= 15 is 0 Å². The van der Waals surface area contributed by atoms with Crippen molar-refractivity contribution >= 4 is 5.95 Å². The van der Waals surface area contributed by atoms with Gasteiger partial charge in [0.15, 0.2) is 0 Å². The predicted octanol–water partition coefficient (Wildman–Crippen LogP) is 3.54. The Morgan fingerprint density at radius 3 is 2.89 bits per heavy atom. The first-order valence-corrected chi connectivity index (χ1v) is 6.28. The van der Waals surface area contributed by atoms with Crippen LogP contribution < -0.4 is 5.32 Å². The molecule has 4 heteroatoms. The van der Waals surface area contributed by atoms with Crippen LogP contribution in [0.1, 0.15) is 24.2 Å². The molecule has 0 saturated heterocycles. The Balaban J connectivity index is 2.35. The number of imidazole rings is 1. The van der Waals surface area contributed by atoms with E-state index in [2.05, 4.69) is 16.9 Å². The molecule has 1 aromatic carbocycles. The standard InChI is InChI=1S/C15H18FN3/c1-4-9-17-15-18-11(2)10-19(15)12(3)13-7-5-6-8-14(13)16/h4-8,10,12H,1,9H2,2-3H3,(H,17,18). The Morgan fingerprint density at radius 2 is 2.21 bits per heavy atom. The average molecular weight is 259 g/mol. The third kappa shape index (κ3) is 2.84. The molecular weight excluding hydrogens is 241 g/mol. The van der Waals surface area contributed by atoms with Crippen molar-refractivity contribution in [3.05, 3.63) is 60.2 Å². The first-order chi connectivity index (χ1) is 9.13. The predicted molar refractivity (Wildman–Crippen MR) is 75.9 cm³/mol. The molecule has 1 atom stereocenters. The third-order valence-corrected chi connectivity index (χ3v) is 3.03. The number of nitrogens with one attached hydrogen (secondary N) is 1. The quantitative estimate of drug-likeness (QED) is 0.832. The highest BCUT2D eigenvalue weighted by molar-refractivity contribution is 5.33. The van der Waals surface area contributed by atoms with E-state index < -0.39 is 0 Å². The molecular formula is C15H18FN3. The molecule has 3 nitrogen and oxygen atoms in total. The summed E-state index contributed by atoms with van der Waals surface area (Å²) in [5.41, 5.74) is 1.55. The lowest BCUT2D eigenvalue weighted by molar-refractivity contribution is 0.559. The van der Waals surface area contributed by atoms with E-state index in [0.29, 0.717) is 12.1 Å². The largest absolute Gasteiger partial charge is 0.352 e. The molecule has 0 fully saturated rings. The number of halogens is 1. The van der Waals surface area contributed by atoms with Crippen LogP contribution >= 0.6 is 0 Å². The fourth-order valence-electron chi connectivity index (χ4n) is 2.07. The molecule has 0 bridgehead atoms. The maximum Gasteiger partial charge on any atom is 0.203 e. The van der Waals surface area contributed by atoms with Gasteiger partial charge in [0.2, 0.25) is 5.95 Å². The monoisotopic (exact) mass is 259 g/mol. The number of aryl methyl sites for hydroxylation is 1. The molecule has 0 saturated carbocycles. The Kier molecular flexibility index (Phi) is 4.00. The fourth-order valence-corrected chi connectivity index (χ4v) is 2.07. The molecule has 2 rings (SSSR count). The highest BCUT2D eigenvalue weighted by Gasteiger charge is 2.16. The third-order valence-electron chi connectivity index (χ3n) is 3.03. The molecule has 1 N–H and O–H groups in total. The molecule has 1 heterocycles. The second-order valence-corrected chi connectivity index (χ2v) is 4.48. The van der Waals surface area contributed by atoms with Gasteiger partial charge in [0.05, 0.1) is 11.7 Å². The van der Waals surface area contributed by atoms with Crippen molar-refractivity contribution in [3.8, 4) is 0 Å². The molecule has 1 aromatic heterocycles. The summed E-state index contributed by atoms with van der Waals surface area (Å²) in [4.78, 5) is 4.41. The lowest BCUT2D eigenvalue weighted by Gasteiger charge is -2.17. The molecule has 0 radical (unpaired) electrons. The van der Waals surface area contributed by atoms with Gasteiger partial charge >= 0.3 is 0 Å². The van der Waals surface area contributed by atoms with Crippen molar-refractivity contribution in [2.45, 2.75) is 19.9 Å². The summed E-state index contributed by atoms with van der Waals surface area (Å²) in [5, 5.41) is 3.17. The van der Waals surface area contributed by atoms with Crippen molar-refractivity contribution in [1.82, 2.24) is 9.55 Å². The van der Waals surface area contributed by atoms with E-state index in [9.17, 15) is 4.39 Å². The molecule has 0 spiro atoms. The molecule has 0 amide bonds. The van der Waals surface area contributed by atoms with E-state index in [1.54, 1.807) is 18.2 Å². The fraction of sp³-hybridized carbons (Fsp3) is 0.267. The smallest absolute Gasteiger partial charge is 0.203 e. The highest BCUT2D eigenvalue weighted by Crippen LogP contribution is 2.24. The minimum Gasteiger partial charge on any atom is -0.352 e. The van der Waals surface area contributed by atoms with Gasteiger partial charge in [-0.3, -0.25) is 0 Å². The summed E-state index contributed by atoms with van der Waals surface area (Å²) >= 11 is 0. The molecule has 0 aliphatic rings. The van der Waals surface area contributed by atoms with Crippen LogP contribution in [-0.2, 0) is 0 Å². The summed E-state index contributed by atoms with van der Waals surface area (Å²) in [6.07, 6.45) is 3.69. The van der Waals surface area contributed by atoms with Crippen molar-refractivity contribution in [1.29, 1.82) is 0 Å². The van der Waals surface area contributed by atoms with Gasteiger partial charge in [-0.05, 0) is 19.9 Å². The van der Waals surface area contributed by atoms with Gasteiger partial charge in [0.1, 0.15) is 5.82 Å². The maximum atomic E-state index is 13.8. The second kappa shape index (κ2) is 5.69. The van der Waals surface area contributed by atoms with Crippen LogP contribution in [0.2, 0.25) is 0 Å². The van der Waals surface area contributed by atoms with E-state index in [1.807, 2.05) is 30.7 Å². The summed E-state index contributed by atoms with van der Waals surface area (Å²) in [5.74, 6) is 0.532. The Morgan fingerprint density at radius 1 is 1.47 bits per heavy atom. The van der Waals surface area contributed by atoms with E-state index in [1.165, 1.54) is 6.07 Å². The maximum absolute atomic E-state index is 13.8. The Labute approximate surface area is 112 Å². The van der Waals surface area contributed by atoms with Gasteiger partial charge in [-0.25, -0.2) is 9.37 Å². The summed E-state index contributed by atoms with van der Waals surface area (Å²) < 4.78 is 15.8. The van der Waals surface area contributed by atoms with Crippen LogP contribution in [0.25, 0.3) is 0 Å². The summed E-state index contributed by atoms with van der Waals surface area (Å²) in [6, 6.07) is 6.70. The number of hydrogen-bond acceptors (Lipinski definition) is 2. The zero-order chi connectivity index (χ0) is 13.8. The summed E-state index contributed by atoms with van der Waals surface area (Å²) in [7, 11) is 0. The normalized spacial score (nSPS) is 12.2. The minimum atomic E-state index is -0.198. The number of rotatable bonds is 5. The average Bonchev–Trinajstić information content (AvgIpc) is 2.77. The van der Waals surface area contributed by atoms with Gasteiger partial charge in [-0.15, -0.1) is 6.58 Å². The molecule has 19 heavy (non-hydrogen) atoms. The zero-order valence-corrected chi connectivity index (χ0v) is 11.2. The zero-order valence-electron chi connectivity index (χ0n) is 11.2. The first-order valence-electron chi connectivity index (χ1n) is 6.28. The van der Waals surface area contributed by atoms with Gasteiger partial charge in [-0.1, -0.05) is 24.3 Å². The molecule has 0 aliphatic heterocycles. The van der Waals surface area contributed by atoms with Gasteiger partial charge in [0, 0.05) is 18.3 Å². The van der Waals surface area contributed by atoms with Gasteiger partial charge in [-0.2, -0.15) is 0 Å². The van der Waals surface area contributed by atoms with Crippen LogP contribution in [0.4, 0.5) is 10.3 Å². The first kappa shape index (κ1) is 13.3. The van der Waals surface area contributed by atoms with Crippen LogP contribution in [0.3, 0.4) is 0 Å².